The van der Waals surface area contributed by atoms with Crippen LogP contribution in [-0.4, -0.2) is 44.2 Å². The predicted octanol–water partition coefficient (Wildman–Crippen LogP) is 3.15. The Balaban J connectivity index is 1.53. The van der Waals surface area contributed by atoms with E-state index in [2.05, 4.69) is 0 Å². The molecule has 0 radical (unpaired) electrons. The lowest BCUT2D eigenvalue weighted by Crippen LogP contribution is -2.46. The van der Waals surface area contributed by atoms with E-state index in [4.69, 9.17) is 9.47 Å². The van der Waals surface area contributed by atoms with Gasteiger partial charge in [0.2, 0.25) is 5.91 Å². The second-order valence-electron chi connectivity index (χ2n) is 7.14. The number of para-hydroxylation sites is 2. The molecule has 1 saturated heterocycles. The van der Waals surface area contributed by atoms with Gasteiger partial charge in [-0.25, -0.2) is 4.39 Å². The number of hydrogen-bond acceptors (Lipinski definition) is 4. The number of rotatable bonds is 5. The lowest BCUT2D eigenvalue weighted by molar-refractivity contribution is -0.121. The molecule has 0 saturated carbocycles. The van der Waals surface area contributed by atoms with E-state index < -0.39 is 0 Å². The standard InChI is InChI=1S/C22H23FN2O4/c23-16-4-3-5-18(14-16)25(17-9-12-28-13-10-17)21(26)8-11-24-19-6-1-2-7-20(19)29-15-22(24)27/h1-7,14,17H,8-13,15H2. The Labute approximate surface area is 168 Å². The van der Waals surface area contributed by atoms with Gasteiger partial charge in [0.25, 0.3) is 5.91 Å². The molecule has 2 heterocycles. The van der Waals surface area contributed by atoms with E-state index in [0.717, 1.165) is 0 Å². The van der Waals surface area contributed by atoms with Crippen LogP contribution in [0.15, 0.2) is 48.5 Å². The van der Waals surface area contributed by atoms with Gasteiger partial charge in [0.1, 0.15) is 11.6 Å². The molecule has 2 aliphatic rings. The topological polar surface area (TPSA) is 59.1 Å². The smallest absolute Gasteiger partial charge is 0.265 e. The molecule has 1 fully saturated rings. The molecule has 0 aromatic heterocycles. The van der Waals surface area contributed by atoms with Gasteiger partial charge in [-0.3, -0.25) is 9.59 Å². The van der Waals surface area contributed by atoms with E-state index in [9.17, 15) is 14.0 Å². The number of hydrogen-bond donors (Lipinski definition) is 0. The first-order valence-corrected chi connectivity index (χ1v) is 9.81. The number of anilines is 2. The molecule has 6 nitrogen and oxygen atoms in total. The molecule has 0 spiro atoms. The van der Waals surface area contributed by atoms with Crippen LogP contribution in [0.1, 0.15) is 19.3 Å². The third-order valence-corrected chi connectivity index (χ3v) is 5.27. The van der Waals surface area contributed by atoms with Crippen molar-refractivity contribution in [2.24, 2.45) is 0 Å². The zero-order valence-corrected chi connectivity index (χ0v) is 16.1. The summed E-state index contributed by atoms with van der Waals surface area (Å²) in [6.07, 6.45) is 1.52. The molecule has 0 bridgehead atoms. The SMILES string of the molecule is O=C1COc2ccccc2N1CCC(=O)N(c1cccc(F)c1)C1CCOCC1. The van der Waals surface area contributed by atoms with Gasteiger partial charge < -0.3 is 19.3 Å². The minimum atomic E-state index is -0.385. The van der Waals surface area contributed by atoms with E-state index in [-0.39, 0.29) is 43.2 Å². The van der Waals surface area contributed by atoms with Crippen LogP contribution in [0, 0.1) is 5.82 Å². The van der Waals surface area contributed by atoms with Crippen molar-refractivity contribution in [3.63, 3.8) is 0 Å². The molecule has 0 unspecified atom stereocenters. The lowest BCUT2D eigenvalue weighted by atomic mass is 10.0. The highest BCUT2D eigenvalue weighted by Gasteiger charge is 2.30. The fourth-order valence-electron chi connectivity index (χ4n) is 3.85. The Kier molecular flexibility index (Phi) is 5.76. The van der Waals surface area contributed by atoms with Gasteiger partial charge in [-0.2, -0.15) is 0 Å². The van der Waals surface area contributed by atoms with Crippen LogP contribution in [-0.2, 0) is 14.3 Å². The Morgan fingerprint density at radius 1 is 1.14 bits per heavy atom. The van der Waals surface area contributed by atoms with Crippen LogP contribution < -0.4 is 14.5 Å². The summed E-state index contributed by atoms with van der Waals surface area (Å²) in [6, 6.07) is 13.3. The van der Waals surface area contributed by atoms with Crippen molar-refractivity contribution in [3.05, 3.63) is 54.3 Å². The van der Waals surface area contributed by atoms with Crippen LogP contribution in [0.4, 0.5) is 15.8 Å². The fourth-order valence-corrected chi connectivity index (χ4v) is 3.85. The molecule has 0 N–H and O–H groups in total. The molecule has 7 heteroatoms. The largest absolute Gasteiger partial charge is 0.482 e. The molecular formula is C22H23FN2O4. The molecule has 2 aromatic carbocycles. The van der Waals surface area contributed by atoms with Crippen LogP contribution in [0.25, 0.3) is 0 Å². The average molecular weight is 398 g/mol. The molecule has 2 aromatic rings. The molecule has 2 amide bonds. The highest BCUT2D eigenvalue weighted by atomic mass is 19.1. The summed E-state index contributed by atoms with van der Waals surface area (Å²) in [5.74, 6) is -0.0743. The summed E-state index contributed by atoms with van der Waals surface area (Å²) >= 11 is 0. The van der Waals surface area contributed by atoms with Crippen molar-refractivity contribution in [2.75, 3.05) is 36.2 Å². The van der Waals surface area contributed by atoms with Gasteiger partial charge in [-0.15, -0.1) is 0 Å². The number of halogens is 1. The van der Waals surface area contributed by atoms with E-state index in [1.165, 1.54) is 12.1 Å². The Hall–Kier alpha value is -2.93. The van der Waals surface area contributed by atoms with Crippen molar-refractivity contribution < 1.29 is 23.5 Å². The van der Waals surface area contributed by atoms with Crippen LogP contribution >= 0.6 is 0 Å². The molecule has 4 rings (SSSR count). The summed E-state index contributed by atoms with van der Waals surface area (Å²) in [6.45, 7) is 1.34. The quantitative estimate of drug-likeness (QED) is 0.776. The number of nitrogens with zero attached hydrogens (tertiary/aromatic N) is 2. The van der Waals surface area contributed by atoms with Gasteiger partial charge in [-0.1, -0.05) is 18.2 Å². The predicted molar refractivity (Wildman–Crippen MR) is 107 cm³/mol. The maximum atomic E-state index is 13.8. The second-order valence-corrected chi connectivity index (χ2v) is 7.14. The molecule has 29 heavy (non-hydrogen) atoms. The van der Waals surface area contributed by atoms with Crippen molar-refractivity contribution in [2.45, 2.75) is 25.3 Å². The third kappa shape index (κ3) is 4.24. The fraction of sp³-hybridized carbons (Fsp3) is 0.364. The summed E-state index contributed by atoms with van der Waals surface area (Å²) in [5, 5.41) is 0. The average Bonchev–Trinajstić information content (AvgIpc) is 2.74. The highest BCUT2D eigenvalue weighted by Crippen LogP contribution is 2.32. The molecular weight excluding hydrogens is 375 g/mol. The van der Waals surface area contributed by atoms with Crippen LogP contribution in [0.2, 0.25) is 0 Å². The van der Waals surface area contributed by atoms with Gasteiger partial charge >= 0.3 is 0 Å². The number of fused-ring (bicyclic) bond motifs is 1. The minimum absolute atomic E-state index is 0.0429. The normalized spacial score (nSPS) is 16.9. The highest BCUT2D eigenvalue weighted by molar-refractivity contribution is 5.99. The Morgan fingerprint density at radius 2 is 1.93 bits per heavy atom. The number of carbonyl (C=O) groups excluding carboxylic acids is 2. The van der Waals surface area contributed by atoms with Gasteiger partial charge in [0, 0.05) is 37.9 Å². The van der Waals surface area contributed by atoms with Crippen molar-refractivity contribution in [1.82, 2.24) is 0 Å². The maximum absolute atomic E-state index is 13.8. The summed E-state index contributed by atoms with van der Waals surface area (Å²) in [7, 11) is 0. The summed E-state index contributed by atoms with van der Waals surface area (Å²) in [5.41, 5.74) is 1.20. The monoisotopic (exact) mass is 398 g/mol. The van der Waals surface area contributed by atoms with Crippen molar-refractivity contribution in [3.8, 4) is 5.75 Å². The van der Waals surface area contributed by atoms with Crippen molar-refractivity contribution >= 4 is 23.2 Å². The van der Waals surface area contributed by atoms with Gasteiger partial charge in [0.05, 0.1) is 5.69 Å². The van der Waals surface area contributed by atoms with E-state index in [1.54, 1.807) is 34.1 Å². The van der Waals surface area contributed by atoms with Crippen LogP contribution in [0.3, 0.4) is 0 Å². The van der Waals surface area contributed by atoms with E-state index in [0.29, 0.717) is 43.2 Å². The first kappa shape index (κ1) is 19.4. The molecule has 152 valence electrons. The second kappa shape index (κ2) is 8.61. The Bertz CT molecular complexity index is 898. The summed E-state index contributed by atoms with van der Waals surface area (Å²) < 4.78 is 24.7. The number of carbonyl (C=O) groups is 2. The van der Waals surface area contributed by atoms with Gasteiger partial charge in [-0.05, 0) is 43.2 Å². The number of benzene rings is 2. The molecule has 0 aliphatic carbocycles. The van der Waals surface area contributed by atoms with Crippen LogP contribution in [0.5, 0.6) is 5.75 Å². The zero-order valence-electron chi connectivity index (χ0n) is 16.1. The first-order valence-electron chi connectivity index (χ1n) is 9.81. The maximum Gasteiger partial charge on any atom is 0.265 e. The summed E-state index contributed by atoms with van der Waals surface area (Å²) in [4.78, 5) is 28.8. The number of amides is 2. The minimum Gasteiger partial charge on any atom is -0.482 e. The Morgan fingerprint density at radius 3 is 2.72 bits per heavy atom. The van der Waals surface area contributed by atoms with E-state index >= 15 is 0 Å². The zero-order chi connectivity index (χ0) is 20.2. The third-order valence-electron chi connectivity index (χ3n) is 5.27. The lowest BCUT2D eigenvalue weighted by Gasteiger charge is -2.35. The van der Waals surface area contributed by atoms with E-state index in [1.807, 2.05) is 12.1 Å². The molecule has 0 atom stereocenters. The number of ether oxygens (including phenoxy) is 2. The van der Waals surface area contributed by atoms with Gasteiger partial charge in [0.15, 0.2) is 6.61 Å². The van der Waals surface area contributed by atoms with Crippen molar-refractivity contribution in [1.29, 1.82) is 0 Å². The molecule has 2 aliphatic heterocycles. The first-order chi connectivity index (χ1) is 14.1.